The summed E-state index contributed by atoms with van der Waals surface area (Å²) in [5, 5.41) is 0.854. The van der Waals surface area contributed by atoms with Gasteiger partial charge in [-0.15, -0.1) is 0 Å². The van der Waals surface area contributed by atoms with Crippen molar-refractivity contribution in [3.05, 3.63) is 78.0 Å². The van der Waals surface area contributed by atoms with Gasteiger partial charge >= 0.3 is 0 Å². The third-order valence-corrected chi connectivity index (χ3v) is 4.85. The van der Waals surface area contributed by atoms with E-state index in [0.29, 0.717) is 17.5 Å². The van der Waals surface area contributed by atoms with E-state index in [1.807, 2.05) is 30.3 Å². The van der Waals surface area contributed by atoms with E-state index in [9.17, 15) is 0 Å². The van der Waals surface area contributed by atoms with Gasteiger partial charge in [0.15, 0.2) is 5.82 Å². The Hall–Kier alpha value is -3.47. The highest BCUT2D eigenvalue weighted by Gasteiger charge is 2.08. The fraction of sp³-hybridized carbons (Fsp3) is 0.174. The summed E-state index contributed by atoms with van der Waals surface area (Å²) in [6.07, 6.45) is 5.63. The Morgan fingerprint density at radius 2 is 1.57 bits per heavy atom. The lowest BCUT2D eigenvalue weighted by Crippen LogP contribution is -1.98. The molecule has 2 aromatic heterocycles. The summed E-state index contributed by atoms with van der Waals surface area (Å²) in [7, 11) is 1.58. The van der Waals surface area contributed by atoms with Gasteiger partial charge in [-0.25, -0.2) is 15.0 Å². The van der Waals surface area contributed by atoms with Crippen molar-refractivity contribution < 1.29 is 4.74 Å². The van der Waals surface area contributed by atoms with Crippen LogP contribution >= 0.6 is 0 Å². The predicted molar refractivity (Wildman–Crippen MR) is 112 cm³/mol. The first kappa shape index (κ1) is 17.9. The van der Waals surface area contributed by atoms with Crippen LogP contribution in [0.1, 0.15) is 17.5 Å². The summed E-state index contributed by atoms with van der Waals surface area (Å²) in [6.45, 7) is 0. The SMILES string of the molecule is COc1ccc(-c2nc(N)c3ccccc3n2)cn1.c1ccc2c(c1)CCC2. The molecule has 1 aliphatic carbocycles. The molecule has 5 heteroatoms. The maximum Gasteiger partial charge on any atom is 0.212 e. The number of anilines is 1. The Labute approximate surface area is 164 Å². The molecule has 0 aliphatic heterocycles. The third-order valence-electron chi connectivity index (χ3n) is 4.85. The van der Waals surface area contributed by atoms with E-state index < -0.39 is 0 Å². The first-order valence-electron chi connectivity index (χ1n) is 9.34. The molecule has 0 amide bonds. The number of benzene rings is 2. The lowest BCUT2D eigenvalue weighted by atomic mass is 10.1. The molecule has 4 aromatic rings. The summed E-state index contributed by atoms with van der Waals surface area (Å²) in [5.41, 5.74) is 10.7. The summed E-state index contributed by atoms with van der Waals surface area (Å²) in [5.74, 6) is 1.58. The van der Waals surface area contributed by atoms with Gasteiger partial charge in [-0.05, 0) is 48.6 Å². The molecule has 0 bridgehead atoms. The van der Waals surface area contributed by atoms with Crippen molar-refractivity contribution in [1.29, 1.82) is 0 Å². The standard InChI is InChI=1S/C14H12N4O.C9H10/c1-19-12-7-6-9(8-16-12)14-17-11-5-3-2-4-10(11)13(15)18-14;1-2-5-9-7-3-6-8(9)4-1/h2-8H,1H3,(H2,15,17,18);1-2,4-5H,3,6-7H2. The minimum Gasteiger partial charge on any atom is -0.481 e. The third kappa shape index (κ3) is 3.78. The van der Waals surface area contributed by atoms with Gasteiger partial charge in [0.1, 0.15) is 5.82 Å². The second-order valence-corrected chi connectivity index (χ2v) is 6.66. The lowest BCUT2D eigenvalue weighted by molar-refractivity contribution is 0.398. The topological polar surface area (TPSA) is 73.9 Å². The van der Waals surface area contributed by atoms with Crippen LogP contribution in [0.3, 0.4) is 0 Å². The molecule has 28 heavy (non-hydrogen) atoms. The zero-order chi connectivity index (χ0) is 19.3. The molecule has 0 atom stereocenters. The van der Waals surface area contributed by atoms with Gasteiger partial charge in [0.25, 0.3) is 0 Å². The number of fused-ring (bicyclic) bond motifs is 2. The number of pyridine rings is 1. The normalized spacial score (nSPS) is 12.2. The van der Waals surface area contributed by atoms with Gasteiger partial charge in [-0.2, -0.15) is 0 Å². The first-order chi connectivity index (χ1) is 13.7. The van der Waals surface area contributed by atoms with Crippen molar-refractivity contribution in [3.63, 3.8) is 0 Å². The van der Waals surface area contributed by atoms with Crippen molar-refractivity contribution in [1.82, 2.24) is 15.0 Å². The lowest BCUT2D eigenvalue weighted by Gasteiger charge is -2.05. The maximum atomic E-state index is 5.95. The minimum absolute atomic E-state index is 0.469. The number of hydrogen-bond acceptors (Lipinski definition) is 5. The average Bonchev–Trinajstić information content (AvgIpc) is 3.23. The van der Waals surface area contributed by atoms with E-state index >= 15 is 0 Å². The largest absolute Gasteiger partial charge is 0.481 e. The maximum absolute atomic E-state index is 5.95. The quantitative estimate of drug-likeness (QED) is 0.564. The number of aromatic nitrogens is 3. The smallest absolute Gasteiger partial charge is 0.212 e. The summed E-state index contributed by atoms with van der Waals surface area (Å²) in [4.78, 5) is 12.9. The number of rotatable bonds is 2. The van der Waals surface area contributed by atoms with Gasteiger partial charge in [0.2, 0.25) is 5.88 Å². The molecule has 2 N–H and O–H groups in total. The Morgan fingerprint density at radius 1 is 0.857 bits per heavy atom. The van der Waals surface area contributed by atoms with Crippen LogP contribution in [0.5, 0.6) is 5.88 Å². The molecule has 0 saturated carbocycles. The van der Waals surface area contributed by atoms with Crippen molar-refractivity contribution in [2.24, 2.45) is 0 Å². The van der Waals surface area contributed by atoms with Crippen molar-refractivity contribution >= 4 is 16.7 Å². The number of nitrogens with two attached hydrogens (primary N) is 1. The predicted octanol–water partition coefficient (Wildman–Crippen LogP) is 4.46. The van der Waals surface area contributed by atoms with Crippen molar-refractivity contribution in [2.75, 3.05) is 12.8 Å². The number of nitrogens with zero attached hydrogens (tertiary/aromatic N) is 3. The zero-order valence-electron chi connectivity index (χ0n) is 15.8. The second kappa shape index (κ2) is 8.05. The Balaban J connectivity index is 0.000000177. The fourth-order valence-electron chi connectivity index (χ4n) is 3.38. The van der Waals surface area contributed by atoms with Crippen LogP contribution in [0, 0.1) is 0 Å². The molecule has 0 saturated heterocycles. The van der Waals surface area contributed by atoms with Gasteiger partial charge in [0.05, 0.1) is 12.6 Å². The van der Waals surface area contributed by atoms with E-state index in [-0.39, 0.29) is 0 Å². The van der Waals surface area contributed by atoms with Gasteiger partial charge < -0.3 is 10.5 Å². The van der Waals surface area contributed by atoms with Crippen LogP contribution in [0.25, 0.3) is 22.3 Å². The molecular formula is C23H22N4O. The van der Waals surface area contributed by atoms with Crippen molar-refractivity contribution in [2.45, 2.75) is 19.3 Å². The molecule has 5 rings (SSSR count). The Bertz CT molecular complexity index is 1070. The summed E-state index contributed by atoms with van der Waals surface area (Å²) < 4.78 is 5.02. The number of para-hydroxylation sites is 1. The molecule has 0 radical (unpaired) electrons. The molecule has 0 fully saturated rings. The van der Waals surface area contributed by atoms with Gasteiger partial charge in [-0.1, -0.05) is 36.4 Å². The molecule has 0 spiro atoms. The van der Waals surface area contributed by atoms with Crippen LogP contribution in [0.4, 0.5) is 5.82 Å². The van der Waals surface area contributed by atoms with E-state index in [0.717, 1.165) is 16.5 Å². The first-order valence-corrected chi connectivity index (χ1v) is 9.34. The number of nitrogen functional groups attached to an aromatic ring is 1. The summed E-state index contributed by atoms with van der Waals surface area (Å²) >= 11 is 0. The van der Waals surface area contributed by atoms with E-state index in [1.165, 1.54) is 19.3 Å². The Kier molecular flexibility index (Phi) is 5.15. The monoisotopic (exact) mass is 370 g/mol. The van der Waals surface area contributed by atoms with E-state index in [4.69, 9.17) is 10.5 Å². The van der Waals surface area contributed by atoms with Crippen LogP contribution in [0.2, 0.25) is 0 Å². The molecule has 1 aliphatic rings. The highest BCUT2D eigenvalue weighted by Crippen LogP contribution is 2.23. The van der Waals surface area contributed by atoms with E-state index in [2.05, 4.69) is 39.2 Å². The number of aryl methyl sites for hydroxylation is 2. The highest BCUT2D eigenvalue weighted by atomic mass is 16.5. The molecule has 2 aromatic carbocycles. The van der Waals surface area contributed by atoms with Gasteiger partial charge in [0, 0.05) is 23.2 Å². The zero-order valence-corrected chi connectivity index (χ0v) is 15.8. The number of methoxy groups -OCH3 is 1. The molecule has 5 nitrogen and oxygen atoms in total. The molecule has 2 heterocycles. The second-order valence-electron chi connectivity index (χ2n) is 6.66. The minimum atomic E-state index is 0.469. The molecular weight excluding hydrogens is 348 g/mol. The molecule has 140 valence electrons. The fourth-order valence-corrected chi connectivity index (χ4v) is 3.38. The molecule has 0 unspecified atom stereocenters. The van der Waals surface area contributed by atoms with Crippen LogP contribution in [-0.4, -0.2) is 22.1 Å². The highest BCUT2D eigenvalue weighted by molar-refractivity contribution is 5.89. The van der Waals surface area contributed by atoms with Crippen LogP contribution in [0.15, 0.2) is 66.9 Å². The average molecular weight is 370 g/mol. The van der Waals surface area contributed by atoms with Crippen LogP contribution in [-0.2, 0) is 12.8 Å². The van der Waals surface area contributed by atoms with Gasteiger partial charge in [-0.3, -0.25) is 0 Å². The number of ether oxygens (including phenoxy) is 1. The van der Waals surface area contributed by atoms with Crippen molar-refractivity contribution in [3.8, 4) is 17.3 Å². The number of hydrogen-bond donors (Lipinski definition) is 1. The van der Waals surface area contributed by atoms with E-state index in [1.54, 1.807) is 30.5 Å². The van der Waals surface area contributed by atoms with Crippen LogP contribution < -0.4 is 10.5 Å². The summed E-state index contributed by atoms with van der Waals surface area (Å²) in [6, 6.07) is 20.0. The Morgan fingerprint density at radius 3 is 2.25 bits per heavy atom.